The number of fused-ring (bicyclic) bond motifs is 4. The van der Waals surface area contributed by atoms with Crippen LogP contribution in [0.15, 0.2) is 48.5 Å². The van der Waals surface area contributed by atoms with Gasteiger partial charge in [0.05, 0.1) is 24.1 Å². The van der Waals surface area contributed by atoms with Crippen molar-refractivity contribution in [3.63, 3.8) is 0 Å². The molecule has 2 aliphatic rings. The normalized spacial score (nSPS) is 17.2. The first-order valence-electron chi connectivity index (χ1n) is 13.9. The van der Waals surface area contributed by atoms with Crippen LogP contribution in [0.5, 0.6) is 5.75 Å². The average Bonchev–Trinajstić information content (AvgIpc) is 3.53. The number of benzene rings is 3. The zero-order valence-electron chi connectivity index (χ0n) is 25.1. The molecule has 1 atom stereocenters. The second kappa shape index (κ2) is 9.63. The van der Waals surface area contributed by atoms with E-state index in [0.717, 1.165) is 27.9 Å². The van der Waals surface area contributed by atoms with E-state index in [1.165, 1.54) is 0 Å². The van der Waals surface area contributed by atoms with Crippen molar-refractivity contribution < 1.29 is 14.3 Å². The van der Waals surface area contributed by atoms with Crippen LogP contribution in [0.2, 0.25) is 5.02 Å². The van der Waals surface area contributed by atoms with Crippen LogP contribution >= 0.6 is 11.6 Å². The van der Waals surface area contributed by atoms with E-state index < -0.39 is 5.54 Å². The van der Waals surface area contributed by atoms with Crippen LogP contribution in [0.4, 0.5) is 17.1 Å². The van der Waals surface area contributed by atoms with Gasteiger partial charge in [0.2, 0.25) is 0 Å². The van der Waals surface area contributed by atoms with Gasteiger partial charge in [-0.05, 0) is 75.6 Å². The number of aromatic nitrogens is 2. The number of anilines is 3. The number of halogens is 1. The van der Waals surface area contributed by atoms with Crippen LogP contribution in [-0.4, -0.2) is 42.6 Å². The number of nitrogens with zero attached hydrogens (tertiary/aromatic N) is 4. The Labute approximate surface area is 250 Å². The molecule has 0 saturated heterocycles. The van der Waals surface area contributed by atoms with Crippen molar-refractivity contribution in [3.05, 3.63) is 87.2 Å². The number of methoxy groups -OCH3 is 1. The van der Waals surface area contributed by atoms with Crippen LogP contribution < -0.4 is 19.9 Å². The number of imidazole rings is 1. The van der Waals surface area contributed by atoms with E-state index in [1.54, 1.807) is 24.1 Å². The van der Waals surface area contributed by atoms with Gasteiger partial charge in [-0.2, -0.15) is 0 Å². The molecule has 1 aromatic heterocycles. The second-order valence-electron chi connectivity index (χ2n) is 11.6. The van der Waals surface area contributed by atoms with Gasteiger partial charge in [-0.1, -0.05) is 29.8 Å². The van der Waals surface area contributed by atoms with Crippen molar-refractivity contribution in [2.45, 2.75) is 46.2 Å². The van der Waals surface area contributed by atoms with E-state index in [9.17, 15) is 9.59 Å². The lowest BCUT2D eigenvalue weighted by Crippen LogP contribution is -2.51. The molecular weight excluding hydrogens is 550 g/mol. The summed E-state index contributed by atoms with van der Waals surface area (Å²) >= 11 is 6.47. The molecule has 1 N–H and O–H groups in total. The third-order valence-corrected chi connectivity index (χ3v) is 8.54. The Kier molecular flexibility index (Phi) is 6.38. The van der Waals surface area contributed by atoms with Crippen LogP contribution in [0, 0.1) is 20.8 Å². The molecule has 3 heterocycles. The highest BCUT2D eigenvalue weighted by Crippen LogP contribution is 2.55. The van der Waals surface area contributed by atoms with Crippen molar-refractivity contribution in [1.29, 1.82) is 0 Å². The van der Waals surface area contributed by atoms with Crippen molar-refractivity contribution in [1.82, 2.24) is 9.55 Å². The van der Waals surface area contributed by atoms with Crippen LogP contribution in [-0.2, 0) is 10.3 Å². The maximum atomic E-state index is 14.6. The summed E-state index contributed by atoms with van der Waals surface area (Å²) in [5.41, 5.74) is 5.83. The fraction of sp³-hybridized carbons (Fsp3) is 0.303. The summed E-state index contributed by atoms with van der Waals surface area (Å²) in [5.74, 6) is 0.531. The minimum absolute atomic E-state index is 0.151. The predicted molar refractivity (Wildman–Crippen MR) is 167 cm³/mol. The summed E-state index contributed by atoms with van der Waals surface area (Å²) in [6.07, 6.45) is 0. The Morgan fingerprint density at radius 2 is 1.74 bits per heavy atom. The molecule has 3 aromatic carbocycles. The van der Waals surface area contributed by atoms with Gasteiger partial charge in [-0.3, -0.25) is 14.5 Å². The molecule has 1 unspecified atom stereocenters. The van der Waals surface area contributed by atoms with Gasteiger partial charge >= 0.3 is 0 Å². The van der Waals surface area contributed by atoms with Gasteiger partial charge in [-0.25, -0.2) is 4.98 Å². The van der Waals surface area contributed by atoms with E-state index in [2.05, 4.69) is 5.32 Å². The van der Waals surface area contributed by atoms with Crippen LogP contribution in [0.25, 0.3) is 11.4 Å². The molecule has 2 aliphatic heterocycles. The number of hydrogen-bond donors (Lipinski definition) is 1. The summed E-state index contributed by atoms with van der Waals surface area (Å²) in [7, 11) is 5.60. The minimum atomic E-state index is -1.49. The largest absolute Gasteiger partial charge is 0.496 e. The fourth-order valence-electron chi connectivity index (χ4n) is 6.47. The Balaban J connectivity index is 1.73. The molecule has 9 heteroatoms. The number of carbonyl (C=O) groups is 2. The summed E-state index contributed by atoms with van der Waals surface area (Å²) in [4.78, 5) is 37.7. The molecule has 0 bridgehead atoms. The molecule has 2 amide bonds. The van der Waals surface area contributed by atoms with Crippen LogP contribution in [0.3, 0.4) is 0 Å². The number of nitrogens with one attached hydrogen (secondary N) is 1. The first-order chi connectivity index (χ1) is 19.9. The molecule has 0 saturated carbocycles. The summed E-state index contributed by atoms with van der Waals surface area (Å²) in [5, 5.41) is 3.57. The maximum Gasteiger partial charge on any atom is 0.280 e. The van der Waals surface area contributed by atoms with E-state index in [1.807, 2.05) is 94.6 Å². The highest BCUT2D eigenvalue weighted by atomic mass is 35.5. The smallest absolute Gasteiger partial charge is 0.280 e. The number of rotatable bonds is 5. The van der Waals surface area contributed by atoms with Crippen LogP contribution in [0.1, 0.15) is 58.3 Å². The lowest BCUT2D eigenvalue weighted by molar-refractivity contribution is -0.119. The first kappa shape index (κ1) is 27.8. The van der Waals surface area contributed by atoms with E-state index in [-0.39, 0.29) is 23.6 Å². The van der Waals surface area contributed by atoms with E-state index in [0.29, 0.717) is 39.2 Å². The third-order valence-electron chi connectivity index (χ3n) is 8.31. The molecular formula is C33H34ClN5O3. The Hall–Kier alpha value is -4.30. The fourth-order valence-corrected chi connectivity index (χ4v) is 6.64. The number of ether oxygens (including phenoxy) is 1. The number of carbonyl (C=O) groups excluding carboxylic acids is 2. The average molecular weight is 584 g/mol. The summed E-state index contributed by atoms with van der Waals surface area (Å²) in [6, 6.07) is 15.1. The van der Waals surface area contributed by atoms with E-state index in [4.69, 9.17) is 21.3 Å². The van der Waals surface area contributed by atoms with Crippen molar-refractivity contribution >= 4 is 40.5 Å². The summed E-state index contributed by atoms with van der Waals surface area (Å²) < 4.78 is 7.89. The SMILES string of the molecule is COc1cc(N(C)C)c(C)cc1-c1nc2c(n1C(C)C)C1(C(=O)Nc3cc(C)ccc31)N(c1cc(Cl)ccc1C)C2=O. The maximum absolute atomic E-state index is 14.6. The number of hydrogen-bond acceptors (Lipinski definition) is 5. The second-order valence-corrected chi connectivity index (χ2v) is 12.1. The Bertz CT molecular complexity index is 1810. The Morgan fingerprint density at radius 1 is 1.00 bits per heavy atom. The molecule has 8 nitrogen and oxygen atoms in total. The van der Waals surface area contributed by atoms with Gasteiger partial charge in [0, 0.05) is 48.2 Å². The lowest BCUT2D eigenvalue weighted by atomic mass is 9.86. The predicted octanol–water partition coefficient (Wildman–Crippen LogP) is 6.64. The molecule has 216 valence electrons. The van der Waals surface area contributed by atoms with Gasteiger partial charge in [0.1, 0.15) is 11.6 Å². The van der Waals surface area contributed by atoms with Crippen molar-refractivity contribution in [3.8, 4) is 17.1 Å². The molecule has 4 aromatic rings. The Morgan fingerprint density at radius 3 is 2.40 bits per heavy atom. The third kappa shape index (κ3) is 3.71. The summed E-state index contributed by atoms with van der Waals surface area (Å²) in [6.45, 7) is 9.99. The minimum Gasteiger partial charge on any atom is -0.496 e. The first-order valence-corrected chi connectivity index (χ1v) is 14.3. The van der Waals surface area contributed by atoms with Crippen molar-refractivity contribution in [2.75, 3.05) is 36.3 Å². The highest BCUT2D eigenvalue weighted by Gasteiger charge is 2.64. The number of amides is 2. The molecule has 42 heavy (non-hydrogen) atoms. The molecule has 0 aliphatic carbocycles. The molecule has 6 rings (SSSR count). The highest BCUT2D eigenvalue weighted by molar-refractivity contribution is 6.31. The zero-order valence-corrected chi connectivity index (χ0v) is 25.8. The topological polar surface area (TPSA) is 79.7 Å². The standard InChI is InChI=1S/C33H34ClN5O3/c1-17(2)38-29-28(36-30(38)22-14-20(5)25(37(6)7)16-27(22)42-8)31(40)39(26-15-21(34)11-10-19(26)4)33(29)23-12-9-18(3)13-24(23)35-32(33)41/h9-17H,1-8H3,(H,35,41). The molecule has 1 spiro atoms. The molecule has 0 radical (unpaired) electrons. The monoisotopic (exact) mass is 583 g/mol. The number of aryl methyl sites for hydroxylation is 3. The van der Waals surface area contributed by atoms with E-state index >= 15 is 0 Å². The lowest BCUT2D eigenvalue weighted by Gasteiger charge is -2.36. The van der Waals surface area contributed by atoms with Gasteiger partial charge in [0.15, 0.2) is 11.2 Å². The van der Waals surface area contributed by atoms with Gasteiger partial charge in [0.25, 0.3) is 11.8 Å². The quantitative estimate of drug-likeness (QED) is 0.285. The zero-order chi connectivity index (χ0) is 30.2. The molecule has 0 fully saturated rings. The van der Waals surface area contributed by atoms with Gasteiger partial charge < -0.3 is 19.5 Å². The van der Waals surface area contributed by atoms with Crippen molar-refractivity contribution in [2.24, 2.45) is 0 Å². The van der Waals surface area contributed by atoms with Gasteiger partial charge in [-0.15, -0.1) is 0 Å².